The zero-order valence-corrected chi connectivity index (χ0v) is 12.1. The molecule has 2 N–H and O–H groups in total. The van der Waals surface area contributed by atoms with E-state index in [4.69, 9.17) is 5.11 Å². The lowest BCUT2D eigenvalue weighted by Gasteiger charge is -2.29. The van der Waals surface area contributed by atoms with Crippen LogP contribution < -0.4 is 5.32 Å². The van der Waals surface area contributed by atoms with E-state index in [0.29, 0.717) is 5.56 Å². The van der Waals surface area contributed by atoms with Crippen molar-refractivity contribution < 1.29 is 23.5 Å². The molecule has 1 aromatic carbocycles. The highest BCUT2D eigenvalue weighted by Crippen LogP contribution is 2.36. The van der Waals surface area contributed by atoms with Gasteiger partial charge < -0.3 is 10.4 Å². The number of nitrogens with one attached hydrogen (secondary N) is 1. The molecule has 0 bridgehead atoms. The number of halogens is 2. The quantitative estimate of drug-likeness (QED) is 0.878. The van der Waals surface area contributed by atoms with Crippen molar-refractivity contribution in [3.63, 3.8) is 0 Å². The highest BCUT2D eigenvalue weighted by Gasteiger charge is 2.37. The molecule has 22 heavy (non-hydrogen) atoms. The molecule has 1 fully saturated rings. The smallest absolute Gasteiger partial charge is 0.305 e. The van der Waals surface area contributed by atoms with Crippen molar-refractivity contribution in [2.45, 2.75) is 44.1 Å². The van der Waals surface area contributed by atoms with E-state index in [9.17, 15) is 18.4 Å². The highest BCUT2D eigenvalue weighted by atomic mass is 19.3. The molecule has 0 saturated heterocycles. The van der Waals surface area contributed by atoms with Gasteiger partial charge >= 0.3 is 5.97 Å². The van der Waals surface area contributed by atoms with Crippen molar-refractivity contribution in [1.29, 1.82) is 0 Å². The molecule has 4 nitrogen and oxygen atoms in total. The van der Waals surface area contributed by atoms with Crippen LogP contribution in [0.15, 0.2) is 30.3 Å². The fourth-order valence-electron chi connectivity index (χ4n) is 2.70. The molecule has 0 aromatic heterocycles. The first-order valence-corrected chi connectivity index (χ1v) is 7.32. The molecule has 1 atom stereocenters. The van der Waals surface area contributed by atoms with Gasteiger partial charge in [0.1, 0.15) is 0 Å². The minimum Gasteiger partial charge on any atom is -0.481 e. The lowest BCUT2D eigenvalue weighted by Crippen LogP contribution is -2.38. The summed E-state index contributed by atoms with van der Waals surface area (Å²) in [6.45, 7) is 0. The topological polar surface area (TPSA) is 66.4 Å². The van der Waals surface area contributed by atoms with Gasteiger partial charge in [0.05, 0.1) is 12.5 Å². The van der Waals surface area contributed by atoms with Crippen molar-refractivity contribution in [2.24, 2.45) is 5.92 Å². The molecule has 1 aromatic rings. The van der Waals surface area contributed by atoms with E-state index in [1.807, 2.05) is 0 Å². The summed E-state index contributed by atoms with van der Waals surface area (Å²) in [6.07, 6.45) is -0.556. The summed E-state index contributed by atoms with van der Waals surface area (Å²) in [5.41, 5.74) is 0.694. The number of aliphatic carboxylic acids is 1. The van der Waals surface area contributed by atoms with E-state index in [0.717, 1.165) is 0 Å². The van der Waals surface area contributed by atoms with Crippen LogP contribution >= 0.6 is 0 Å². The van der Waals surface area contributed by atoms with Crippen LogP contribution in [0.5, 0.6) is 0 Å². The Hall–Kier alpha value is -1.98. The first kappa shape index (κ1) is 16.4. The van der Waals surface area contributed by atoms with Crippen molar-refractivity contribution in [1.82, 2.24) is 5.32 Å². The second-order valence-corrected chi connectivity index (χ2v) is 5.70. The van der Waals surface area contributed by atoms with Gasteiger partial charge in [-0.1, -0.05) is 30.3 Å². The number of carboxylic acids is 1. The van der Waals surface area contributed by atoms with Gasteiger partial charge in [-0.05, 0) is 18.4 Å². The number of carbonyl (C=O) groups is 2. The number of benzene rings is 1. The van der Waals surface area contributed by atoms with E-state index in [-0.39, 0.29) is 38.0 Å². The Morgan fingerprint density at radius 1 is 1.23 bits per heavy atom. The second-order valence-electron chi connectivity index (χ2n) is 5.70. The third kappa shape index (κ3) is 4.51. The maximum Gasteiger partial charge on any atom is 0.305 e. The van der Waals surface area contributed by atoms with E-state index in [1.165, 1.54) is 0 Å². The summed E-state index contributed by atoms with van der Waals surface area (Å²) in [4.78, 5) is 23.2. The average molecular weight is 311 g/mol. The van der Waals surface area contributed by atoms with Crippen LogP contribution in [0.4, 0.5) is 8.78 Å². The number of alkyl halides is 2. The predicted molar refractivity (Wildman–Crippen MR) is 76.5 cm³/mol. The van der Waals surface area contributed by atoms with Crippen LogP contribution in [0.3, 0.4) is 0 Å². The number of amides is 1. The Kier molecular flexibility index (Phi) is 5.11. The van der Waals surface area contributed by atoms with Crippen LogP contribution in [0.25, 0.3) is 0 Å². The zero-order chi connectivity index (χ0) is 16.2. The molecule has 2 rings (SSSR count). The summed E-state index contributed by atoms with van der Waals surface area (Å²) < 4.78 is 26.3. The number of carboxylic acid groups (broad SMARTS) is 1. The maximum absolute atomic E-state index is 13.1. The third-order valence-corrected chi connectivity index (χ3v) is 3.99. The van der Waals surface area contributed by atoms with Crippen LogP contribution in [0.2, 0.25) is 0 Å². The van der Waals surface area contributed by atoms with Gasteiger partial charge in [-0.15, -0.1) is 0 Å². The van der Waals surface area contributed by atoms with Gasteiger partial charge in [0.15, 0.2) is 0 Å². The van der Waals surface area contributed by atoms with Crippen LogP contribution in [-0.2, 0) is 9.59 Å². The van der Waals surface area contributed by atoms with Crippen LogP contribution in [0.1, 0.15) is 43.7 Å². The molecule has 0 heterocycles. The van der Waals surface area contributed by atoms with Crippen LogP contribution in [-0.4, -0.2) is 22.9 Å². The zero-order valence-electron chi connectivity index (χ0n) is 12.1. The van der Waals surface area contributed by atoms with Gasteiger partial charge in [0.25, 0.3) is 0 Å². The van der Waals surface area contributed by atoms with Gasteiger partial charge in [-0.3, -0.25) is 9.59 Å². The van der Waals surface area contributed by atoms with Gasteiger partial charge in [0.2, 0.25) is 11.8 Å². The van der Waals surface area contributed by atoms with E-state index in [1.54, 1.807) is 30.3 Å². The predicted octanol–water partition coefficient (Wildman–Crippen LogP) is 3.14. The van der Waals surface area contributed by atoms with Gasteiger partial charge in [0, 0.05) is 18.8 Å². The molecule has 1 saturated carbocycles. The third-order valence-electron chi connectivity index (χ3n) is 3.99. The van der Waals surface area contributed by atoms with Crippen molar-refractivity contribution in [3.8, 4) is 0 Å². The van der Waals surface area contributed by atoms with Crippen molar-refractivity contribution in [2.75, 3.05) is 0 Å². The molecule has 0 spiro atoms. The fraction of sp³-hybridized carbons (Fsp3) is 0.500. The van der Waals surface area contributed by atoms with Crippen molar-refractivity contribution >= 4 is 11.9 Å². The largest absolute Gasteiger partial charge is 0.481 e. The molecule has 1 aliphatic carbocycles. The minimum absolute atomic E-state index is 0.132. The second kappa shape index (κ2) is 6.85. The van der Waals surface area contributed by atoms with E-state index >= 15 is 0 Å². The van der Waals surface area contributed by atoms with Gasteiger partial charge in [-0.2, -0.15) is 0 Å². The van der Waals surface area contributed by atoms with Crippen LogP contribution in [0, 0.1) is 5.92 Å². The Labute approximate surface area is 127 Å². The number of carbonyl (C=O) groups excluding carboxylic acids is 1. The molecule has 0 unspecified atom stereocenters. The molecule has 1 aliphatic rings. The summed E-state index contributed by atoms with van der Waals surface area (Å²) >= 11 is 0. The van der Waals surface area contributed by atoms with Gasteiger partial charge in [-0.25, -0.2) is 8.78 Å². The highest BCUT2D eigenvalue weighted by molar-refractivity contribution is 5.80. The standard InChI is InChI=1S/C16H19F2NO3/c17-16(18)8-6-12(7-9-16)15(22)19-13(10-14(20)21)11-4-2-1-3-5-11/h1-5,12-13H,6-10H2,(H,19,22)(H,20,21)/t13-/m0/s1. The Morgan fingerprint density at radius 2 is 1.82 bits per heavy atom. The summed E-state index contributed by atoms with van der Waals surface area (Å²) in [5, 5.41) is 11.7. The monoisotopic (exact) mass is 311 g/mol. The first-order valence-electron chi connectivity index (χ1n) is 7.32. The Balaban J connectivity index is 2.01. The maximum atomic E-state index is 13.1. The summed E-state index contributed by atoms with van der Waals surface area (Å²) in [5.74, 6) is -4.52. The molecule has 120 valence electrons. The summed E-state index contributed by atoms with van der Waals surface area (Å²) in [6, 6.07) is 8.15. The Morgan fingerprint density at radius 3 is 2.36 bits per heavy atom. The average Bonchev–Trinajstić information content (AvgIpc) is 2.47. The molecular weight excluding hydrogens is 292 g/mol. The molecule has 1 amide bonds. The minimum atomic E-state index is -2.68. The molecule has 6 heteroatoms. The number of hydrogen-bond donors (Lipinski definition) is 2. The number of rotatable bonds is 5. The fourth-order valence-corrected chi connectivity index (χ4v) is 2.70. The number of hydrogen-bond acceptors (Lipinski definition) is 2. The van der Waals surface area contributed by atoms with Crippen molar-refractivity contribution in [3.05, 3.63) is 35.9 Å². The molecular formula is C16H19F2NO3. The van der Waals surface area contributed by atoms with E-state index < -0.39 is 23.9 Å². The lowest BCUT2D eigenvalue weighted by atomic mass is 9.86. The molecule has 0 aliphatic heterocycles. The summed E-state index contributed by atoms with van der Waals surface area (Å²) in [7, 11) is 0. The Bertz CT molecular complexity index is 523. The molecule has 0 radical (unpaired) electrons. The normalized spacial score (nSPS) is 19.4. The SMILES string of the molecule is O=C(O)C[C@H](NC(=O)C1CCC(F)(F)CC1)c1ccccc1. The first-order chi connectivity index (χ1) is 10.4. The lowest BCUT2D eigenvalue weighted by molar-refractivity contribution is -0.138. The van der Waals surface area contributed by atoms with E-state index in [2.05, 4.69) is 5.32 Å².